The number of anilines is 1. The van der Waals surface area contributed by atoms with Gasteiger partial charge in [-0.1, -0.05) is 18.2 Å². The summed E-state index contributed by atoms with van der Waals surface area (Å²) in [5, 5.41) is 6.03. The maximum absolute atomic E-state index is 13.4. The Morgan fingerprint density at radius 3 is 2.35 bits per heavy atom. The number of hydrogen-bond acceptors (Lipinski definition) is 4. The predicted octanol–water partition coefficient (Wildman–Crippen LogP) is 2.95. The van der Waals surface area contributed by atoms with Gasteiger partial charge in [-0.05, 0) is 42.3 Å². The third-order valence-corrected chi connectivity index (χ3v) is 4.50. The van der Waals surface area contributed by atoms with E-state index in [0.717, 1.165) is 10.7 Å². The molecule has 2 amide bonds. The Morgan fingerprint density at radius 1 is 1.13 bits per heavy atom. The zero-order chi connectivity index (χ0) is 22.9. The topological polar surface area (TPSA) is 116 Å². The van der Waals surface area contributed by atoms with Gasteiger partial charge in [-0.3, -0.25) is 9.59 Å². The van der Waals surface area contributed by atoms with Crippen molar-refractivity contribution >= 4 is 17.5 Å². The van der Waals surface area contributed by atoms with Gasteiger partial charge in [-0.2, -0.15) is 18.3 Å². The number of nitrogen functional groups attached to an aromatic ring is 1. The van der Waals surface area contributed by atoms with Crippen molar-refractivity contribution in [1.82, 2.24) is 15.1 Å². The summed E-state index contributed by atoms with van der Waals surface area (Å²) < 4.78 is 53.3. The molecule has 31 heavy (non-hydrogen) atoms. The van der Waals surface area contributed by atoms with Crippen LogP contribution in [0, 0.1) is 12.7 Å². The third kappa shape index (κ3) is 4.49. The summed E-state index contributed by atoms with van der Waals surface area (Å²) in [7, 11) is 0. The van der Waals surface area contributed by atoms with Crippen molar-refractivity contribution in [2.75, 3.05) is 5.73 Å². The first-order valence-electron chi connectivity index (χ1n) is 8.88. The number of nitrogens with zero attached hydrogens (tertiary/aromatic N) is 2. The first kappa shape index (κ1) is 21.8. The maximum atomic E-state index is 13.4. The number of carbonyl (C=O) groups is 2. The van der Waals surface area contributed by atoms with Crippen LogP contribution in [0.2, 0.25) is 0 Å². The Morgan fingerprint density at radius 2 is 1.77 bits per heavy atom. The maximum Gasteiger partial charge on any atom is 0.437 e. The molecule has 0 atom stereocenters. The second-order valence-corrected chi connectivity index (χ2v) is 6.69. The van der Waals surface area contributed by atoms with Crippen molar-refractivity contribution in [1.29, 1.82) is 0 Å². The minimum atomic E-state index is -4.86. The van der Waals surface area contributed by atoms with E-state index in [1.165, 1.54) is 36.4 Å². The molecule has 0 saturated carbocycles. The molecule has 1 heterocycles. The molecular weight excluding hydrogens is 418 g/mol. The van der Waals surface area contributed by atoms with Crippen molar-refractivity contribution in [3.63, 3.8) is 0 Å². The Bertz CT molecular complexity index is 1150. The molecule has 5 N–H and O–H groups in total. The Hall–Kier alpha value is -3.89. The molecule has 2 aromatic carbocycles. The summed E-state index contributed by atoms with van der Waals surface area (Å²) in [6.07, 6.45) is -4.86. The number of rotatable bonds is 5. The summed E-state index contributed by atoms with van der Waals surface area (Å²) in [5.41, 5.74) is 9.26. The number of primary amides is 1. The van der Waals surface area contributed by atoms with Gasteiger partial charge in [0, 0.05) is 12.1 Å². The highest BCUT2D eigenvalue weighted by atomic mass is 19.4. The van der Waals surface area contributed by atoms with Crippen LogP contribution in [-0.4, -0.2) is 21.6 Å². The molecule has 3 aromatic rings. The summed E-state index contributed by atoms with van der Waals surface area (Å²) in [4.78, 5) is 23.9. The van der Waals surface area contributed by atoms with E-state index < -0.39 is 40.9 Å². The van der Waals surface area contributed by atoms with Crippen molar-refractivity contribution in [3.8, 4) is 5.69 Å². The normalized spacial score (nSPS) is 11.4. The Kier molecular flexibility index (Phi) is 5.69. The first-order valence-corrected chi connectivity index (χ1v) is 8.88. The van der Waals surface area contributed by atoms with Gasteiger partial charge in [0.2, 0.25) is 0 Å². The summed E-state index contributed by atoms with van der Waals surface area (Å²) >= 11 is 0. The third-order valence-electron chi connectivity index (χ3n) is 4.50. The number of amides is 2. The molecule has 0 unspecified atom stereocenters. The number of nitrogens with two attached hydrogens (primary N) is 2. The quantitative estimate of drug-likeness (QED) is 0.535. The molecule has 11 heteroatoms. The SMILES string of the molecule is Cc1ccc(F)cc1C(=O)NCc1ccc(-n2nc(C(F)(F)F)c(N)c2C(N)=O)cc1. The average Bonchev–Trinajstić information content (AvgIpc) is 3.06. The molecule has 0 aliphatic heterocycles. The van der Waals surface area contributed by atoms with Crippen LogP contribution in [0.4, 0.5) is 23.2 Å². The first-order chi connectivity index (χ1) is 14.5. The fourth-order valence-electron chi connectivity index (χ4n) is 2.93. The van der Waals surface area contributed by atoms with E-state index in [-0.39, 0.29) is 17.8 Å². The van der Waals surface area contributed by atoms with E-state index >= 15 is 0 Å². The van der Waals surface area contributed by atoms with Gasteiger partial charge >= 0.3 is 6.18 Å². The van der Waals surface area contributed by atoms with Crippen LogP contribution >= 0.6 is 0 Å². The average molecular weight is 435 g/mol. The largest absolute Gasteiger partial charge is 0.437 e. The minimum Gasteiger partial charge on any atom is -0.395 e. The highest BCUT2D eigenvalue weighted by Gasteiger charge is 2.39. The van der Waals surface area contributed by atoms with Gasteiger partial charge in [-0.15, -0.1) is 0 Å². The second kappa shape index (κ2) is 8.09. The van der Waals surface area contributed by atoms with Gasteiger partial charge in [0.1, 0.15) is 5.82 Å². The smallest absolute Gasteiger partial charge is 0.395 e. The van der Waals surface area contributed by atoms with E-state index in [1.54, 1.807) is 6.92 Å². The van der Waals surface area contributed by atoms with E-state index in [2.05, 4.69) is 10.4 Å². The molecule has 0 fully saturated rings. The lowest BCUT2D eigenvalue weighted by Crippen LogP contribution is -2.23. The molecule has 7 nitrogen and oxygen atoms in total. The van der Waals surface area contributed by atoms with E-state index in [9.17, 15) is 27.2 Å². The van der Waals surface area contributed by atoms with E-state index in [0.29, 0.717) is 11.1 Å². The number of hydrogen-bond donors (Lipinski definition) is 3. The molecule has 1 aromatic heterocycles. The summed E-state index contributed by atoms with van der Waals surface area (Å²) in [5.74, 6) is -2.18. The second-order valence-electron chi connectivity index (χ2n) is 6.69. The predicted molar refractivity (Wildman–Crippen MR) is 104 cm³/mol. The van der Waals surface area contributed by atoms with Crippen molar-refractivity contribution in [2.24, 2.45) is 5.73 Å². The van der Waals surface area contributed by atoms with Crippen molar-refractivity contribution in [2.45, 2.75) is 19.6 Å². The fourth-order valence-corrected chi connectivity index (χ4v) is 2.93. The van der Waals surface area contributed by atoms with Crippen molar-refractivity contribution < 1.29 is 27.2 Å². The molecule has 0 bridgehead atoms. The van der Waals surface area contributed by atoms with Crippen LogP contribution in [0.1, 0.15) is 37.7 Å². The number of carbonyl (C=O) groups excluding carboxylic acids is 2. The lowest BCUT2D eigenvalue weighted by atomic mass is 10.1. The number of benzene rings is 2. The number of nitrogens with one attached hydrogen (secondary N) is 1. The van der Waals surface area contributed by atoms with Gasteiger partial charge < -0.3 is 16.8 Å². The number of halogens is 4. The van der Waals surface area contributed by atoms with Crippen LogP contribution in [0.15, 0.2) is 42.5 Å². The van der Waals surface area contributed by atoms with Gasteiger partial charge in [-0.25, -0.2) is 9.07 Å². The summed E-state index contributed by atoms with van der Waals surface area (Å²) in [6, 6.07) is 9.69. The Labute approximate surface area is 173 Å². The van der Waals surface area contributed by atoms with E-state index in [1.807, 2.05) is 0 Å². The van der Waals surface area contributed by atoms with E-state index in [4.69, 9.17) is 11.5 Å². The molecule has 162 valence electrons. The number of aromatic nitrogens is 2. The van der Waals surface area contributed by atoms with Gasteiger partial charge in [0.05, 0.1) is 11.4 Å². The van der Waals surface area contributed by atoms with Crippen LogP contribution in [-0.2, 0) is 12.7 Å². The molecule has 3 rings (SSSR count). The van der Waals surface area contributed by atoms with Gasteiger partial charge in [0.15, 0.2) is 11.4 Å². The monoisotopic (exact) mass is 435 g/mol. The molecule has 0 spiro atoms. The molecule has 0 aliphatic rings. The number of aryl methyl sites for hydroxylation is 1. The molecule has 0 radical (unpaired) electrons. The van der Waals surface area contributed by atoms with Crippen LogP contribution in [0.5, 0.6) is 0 Å². The highest BCUT2D eigenvalue weighted by molar-refractivity contribution is 5.97. The lowest BCUT2D eigenvalue weighted by Gasteiger charge is -2.09. The standard InChI is InChI=1S/C20H17F4N5O2/c1-10-2-5-12(21)8-14(10)19(31)27-9-11-3-6-13(7-4-11)29-16(18(26)30)15(25)17(28-29)20(22,23)24/h2-8H,9,25H2,1H3,(H2,26,30)(H,27,31). The zero-order valence-electron chi connectivity index (χ0n) is 16.1. The minimum absolute atomic E-state index is 0.0762. The molecule has 0 saturated heterocycles. The Balaban J connectivity index is 1.82. The van der Waals surface area contributed by atoms with Crippen LogP contribution in [0.3, 0.4) is 0 Å². The molecule has 0 aliphatic carbocycles. The van der Waals surface area contributed by atoms with Crippen LogP contribution < -0.4 is 16.8 Å². The number of alkyl halides is 3. The van der Waals surface area contributed by atoms with Gasteiger partial charge in [0.25, 0.3) is 11.8 Å². The fraction of sp³-hybridized carbons (Fsp3) is 0.150. The summed E-state index contributed by atoms with van der Waals surface area (Å²) in [6.45, 7) is 1.75. The van der Waals surface area contributed by atoms with Crippen LogP contribution in [0.25, 0.3) is 5.69 Å². The highest BCUT2D eigenvalue weighted by Crippen LogP contribution is 2.35. The lowest BCUT2D eigenvalue weighted by molar-refractivity contribution is -0.140. The zero-order valence-corrected chi connectivity index (χ0v) is 16.1. The van der Waals surface area contributed by atoms with Crippen molar-refractivity contribution in [3.05, 3.63) is 76.4 Å². The molecular formula is C20H17F4N5O2.